The van der Waals surface area contributed by atoms with Crippen LogP contribution in [0.2, 0.25) is 0 Å². The normalized spacial score (nSPS) is 11.1. The van der Waals surface area contributed by atoms with Gasteiger partial charge in [-0.25, -0.2) is 5.48 Å². The Morgan fingerprint density at radius 1 is 1.60 bits per heavy atom. The van der Waals surface area contributed by atoms with Crippen LogP contribution < -0.4 is 16.9 Å². The van der Waals surface area contributed by atoms with E-state index >= 15 is 0 Å². The highest BCUT2D eigenvalue weighted by atomic mass is 16.5. The van der Waals surface area contributed by atoms with E-state index in [0.29, 0.717) is 0 Å². The van der Waals surface area contributed by atoms with Gasteiger partial charge in [0.25, 0.3) is 0 Å². The van der Waals surface area contributed by atoms with Gasteiger partial charge in [0.15, 0.2) is 0 Å². The average molecular weight is 146 g/mol. The molecule has 0 aromatic heterocycles. The summed E-state index contributed by atoms with van der Waals surface area (Å²) in [5.41, 5.74) is 11.4. The maximum absolute atomic E-state index is 10.1. The first kappa shape index (κ1) is 8.70. The van der Waals surface area contributed by atoms with Crippen molar-refractivity contribution in [2.75, 3.05) is 6.54 Å². The molecule has 0 saturated carbocycles. The van der Waals surface area contributed by atoms with E-state index in [1.165, 1.54) is 0 Å². The third kappa shape index (κ3) is 4.85. The molecule has 10 heavy (non-hydrogen) atoms. The fourth-order valence-corrected chi connectivity index (χ4v) is 0.322. The molecule has 0 radical (unpaired) electrons. The second-order valence-electron chi connectivity index (χ2n) is 1.60. The second-order valence-corrected chi connectivity index (χ2v) is 1.60. The third-order valence-electron chi connectivity index (χ3n) is 0.755. The Labute approximate surface area is 57.9 Å². The van der Waals surface area contributed by atoms with E-state index < -0.39 is 5.91 Å². The zero-order valence-corrected chi connectivity index (χ0v) is 5.37. The largest absolute Gasteiger partial charge is 0.370 e. The van der Waals surface area contributed by atoms with Crippen LogP contribution in [0.1, 0.15) is 6.42 Å². The molecule has 58 valence electrons. The number of nitrogens with one attached hydrogen (secondary N) is 1. The number of aliphatic imine (C=N–C) groups is 1. The van der Waals surface area contributed by atoms with Crippen LogP contribution in [0.15, 0.2) is 4.99 Å². The molecule has 0 saturated heterocycles. The van der Waals surface area contributed by atoms with E-state index in [1.807, 2.05) is 0 Å². The minimum absolute atomic E-state index is 0.124. The van der Waals surface area contributed by atoms with Gasteiger partial charge < -0.3 is 11.5 Å². The zero-order valence-electron chi connectivity index (χ0n) is 5.37. The SMILES string of the molecule is NC(=O)CCN=C(N)NO. The van der Waals surface area contributed by atoms with Crippen molar-refractivity contribution < 1.29 is 10.0 Å². The molecule has 0 rings (SSSR count). The van der Waals surface area contributed by atoms with Crippen LogP contribution in [-0.4, -0.2) is 23.6 Å². The summed E-state index contributed by atoms with van der Waals surface area (Å²) >= 11 is 0. The molecule has 0 bridgehead atoms. The Bertz CT molecular complexity index is 144. The lowest BCUT2D eigenvalue weighted by atomic mass is 10.4. The van der Waals surface area contributed by atoms with Gasteiger partial charge in [-0.05, 0) is 0 Å². The summed E-state index contributed by atoms with van der Waals surface area (Å²) in [6.45, 7) is 0.189. The molecule has 1 amide bonds. The highest BCUT2D eigenvalue weighted by Gasteiger charge is 1.91. The molecule has 0 unspecified atom stereocenters. The highest BCUT2D eigenvalue weighted by molar-refractivity contribution is 5.77. The van der Waals surface area contributed by atoms with Crippen molar-refractivity contribution in [1.82, 2.24) is 5.48 Å². The number of primary amides is 1. The van der Waals surface area contributed by atoms with Crippen LogP contribution in [0.3, 0.4) is 0 Å². The van der Waals surface area contributed by atoms with Crippen molar-refractivity contribution >= 4 is 11.9 Å². The van der Waals surface area contributed by atoms with Gasteiger partial charge in [-0.2, -0.15) is 0 Å². The summed E-state index contributed by atoms with van der Waals surface area (Å²) in [6, 6.07) is 0. The maximum Gasteiger partial charge on any atom is 0.219 e. The van der Waals surface area contributed by atoms with Crippen molar-refractivity contribution in [3.05, 3.63) is 0 Å². The van der Waals surface area contributed by atoms with Crippen molar-refractivity contribution in [2.24, 2.45) is 16.5 Å². The van der Waals surface area contributed by atoms with Gasteiger partial charge >= 0.3 is 0 Å². The molecule has 0 fully saturated rings. The summed E-state index contributed by atoms with van der Waals surface area (Å²) in [7, 11) is 0. The van der Waals surface area contributed by atoms with Crippen LogP contribution >= 0.6 is 0 Å². The molecule has 6 nitrogen and oxygen atoms in total. The van der Waals surface area contributed by atoms with Crippen LogP contribution in [-0.2, 0) is 4.79 Å². The number of hydrogen-bond donors (Lipinski definition) is 4. The Hall–Kier alpha value is -1.30. The number of nitrogens with two attached hydrogens (primary N) is 2. The van der Waals surface area contributed by atoms with Gasteiger partial charge in [0.1, 0.15) is 0 Å². The van der Waals surface area contributed by atoms with Crippen LogP contribution in [0, 0.1) is 0 Å². The molecule has 0 spiro atoms. The van der Waals surface area contributed by atoms with Gasteiger partial charge in [0.2, 0.25) is 11.9 Å². The first-order valence-corrected chi connectivity index (χ1v) is 2.65. The summed E-state index contributed by atoms with van der Waals surface area (Å²) in [6.07, 6.45) is 0.127. The van der Waals surface area contributed by atoms with E-state index in [9.17, 15) is 4.79 Å². The number of guanidine groups is 1. The van der Waals surface area contributed by atoms with Crippen molar-refractivity contribution in [3.8, 4) is 0 Å². The van der Waals surface area contributed by atoms with Crippen molar-refractivity contribution in [2.45, 2.75) is 6.42 Å². The summed E-state index contributed by atoms with van der Waals surface area (Å²) in [5.74, 6) is -0.573. The van der Waals surface area contributed by atoms with Crippen LogP contribution in [0.5, 0.6) is 0 Å². The van der Waals surface area contributed by atoms with Gasteiger partial charge in [-0.3, -0.25) is 15.0 Å². The minimum atomic E-state index is -0.450. The Balaban J connectivity index is 3.43. The topological polar surface area (TPSA) is 114 Å². The molecule has 0 aliphatic heterocycles. The van der Waals surface area contributed by atoms with Crippen molar-refractivity contribution in [1.29, 1.82) is 0 Å². The summed E-state index contributed by atoms with van der Waals surface area (Å²) < 4.78 is 0. The number of rotatable bonds is 3. The first-order valence-electron chi connectivity index (χ1n) is 2.65. The van der Waals surface area contributed by atoms with E-state index in [2.05, 4.69) is 4.99 Å². The predicted molar refractivity (Wildman–Crippen MR) is 35.2 cm³/mol. The van der Waals surface area contributed by atoms with Crippen LogP contribution in [0.4, 0.5) is 0 Å². The monoisotopic (exact) mass is 146 g/mol. The molecule has 0 heterocycles. The smallest absolute Gasteiger partial charge is 0.219 e. The minimum Gasteiger partial charge on any atom is -0.370 e. The zero-order chi connectivity index (χ0) is 7.98. The third-order valence-corrected chi connectivity index (χ3v) is 0.755. The summed E-state index contributed by atoms with van der Waals surface area (Å²) in [4.78, 5) is 13.6. The van der Waals surface area contributed by atoms with Gasteiger partial charge in [0.05, 0.1) is 6.54 Å². The van der Waals surface area contributed by atoms with E-state index in [-0.39, 0.29) is 18.9 Å². The number of hydrogen-bond acceptors (Lipinski definition) is 3. The van der Waals surface area contributed by atoms with Gasteiger partial charge in [0, 0.05) is 6.42 Å². The number of carbonyl (C=O) groups excluding carboxylic acids is 1. The molecule has 0 aromatic carbocycles. The molecule has 6 N–H and O–H groups in total. The molecule has 6 heteroatoms. The number of carbonyl (C=O) groups is 1. The lowest BCUT2D eigenvalue weighted by Crippen LogP contribution is -2.28. The van der Waals surface area contributed by atoms with Gasteiger partial charge in [-0.15, -0.1) is 0 Å². The van der Waals surface area contributed by atoms with Gasteiger partial charge in [-0.1, -0.05) is 0 Å². The molecule has 0 atom stereocenters. The Kier molecular flexibility index (Phi) is 3.97. The molecular weight excluding hydrogens is 136 g/mol. The number of amides is 1. The van der Waals surface area contributed by atoms with E-state index in [1.54, 1.807) is 5.48 Å². The Morgan fingerprint density at radius 3 is 2.60 bits per heavy atom. The highest BCUT2D eigenvalue weighted by Crippen LogP contribution is 1.77. The average Bonchev–Trinajstić information content (AvgIpc) is 1.87. The second kappa shape index (κ2) is 4.57. The Morgan fingerprint density at radius 2 is 2.20 bits per heavy atom. The van der Waals surface area contributed by atoms with Crippen LogP contribution in [0.25, 0.3) is 0 Å². The fourth-order valence-electron chi connectivity index (χ4n) is 0.322. The molecule has 0 aliphatic rings. The van der Waals surface area contributed by atoms with Crippen molar-refractivity contribution in [3.63, 3.8) is 0 Å². The molecule has 0 aliphatic carbocycles. The molecular formula is C4H10N4O2. The molecule has 0 aromatic rings. The predicted octanol–water partition coefficient (Wildman–Crippen LogP) is -1.84. The maximum atomic E-state index is 10.1. The van der Waals surface area contributed by atoms with E-state index in [4.69, 9.17) is 16.7 Å². The number of hydroxylamine groups is 1. The quantitative estimate of drug-likeness (QED) is 0.213. The summed E-state index contributed by atoms with van der Waals surface area (Å²) in [5, 5.41) is 8.08. The lowest BCUT2D eigenvalue weighted by molar-refractivity contribution is -0.117. The standard InChI is InChI=1S/C4H10N4O2/c5-3(9)1-2-7-4(6)8-10/h10H,1-2H2,(H2,5,9)(H3,6,7,8). The van der Waals surface area contributed by atoms with E-state index in [0.717, 1.165) is 0 Å². The first-order chi connectivity index (χ1) is 4.66. The fraction of sp³-hybridized carbons (Fsp3) is 0.500. The number of nitrogens with zero attached hydrogens (tertiary/aromatic N) is 1. The lowest BCUT2D eigenvalue weighted by Gasteiger charge is -1.94.